The van der Waals surface area contributed by atoms with Crippen LogP contribution in [0.5, 0.6) is 0 Å². The van der Waals surface area contributed by atoms with Crippen molar-refractivity contribution < 1.29 is 9.84 Å². The Hall–Kier alpha value is -1.22. The molecule has 2 rings (SSSR count). The highest BCUT2D eigenvalue weighted by Crippen LogP contribution is 2.16. The van der Waals surface area contributed by atoms with Crippen LogP contribution >= 0.6 is 11.6 Å². The van der Waals surface area contributed by atoms with Crippen LogP contribution in [0.4, 0.5) is 11.8 Å². The van der Waals surface area contributed by atoms with E-state index in [2.05, 4.69) is 20.1 Å². The summed E-state index contributed by atoms with van der Waals surface area (Å²) in [5, 5.41) is 17.8. The van der Waals surface area contributed by atoms with Crippen molar-refractivity contribution in [2.75, 3.05) is 50.0 Å². The smallest absolute Gasteiger partial charge is 0.247 e. The third kappa shape index (κ3) is 4.91. The van der Waals surface area contributed by atoms with Crippen LogP contribution in [0.15, 0.2) is 0 Å². The molecule has 0 spiro atoms. The molecular formula is C13H23ClN6O2. The first-order chi connectivity index (χ1) is 10.5. The number of aliphatic hydroxyl groups excluding tert-OH is 1. The van der Waals surface area contributed by atoms with Crippen LogP contribution < -0.4 is 10.6 Å². The average molecular weight is 331 g/mol. The van der Waals surface area contributed by atoms with Gasteiger partial charge in [0.15, 0.2) is 11.0 Å². The lowest BCUT2D eigenvalue weighted by atomic mass is 10.2. The zero-order valence-corrected chi connectivity index (χ0v) is 13.7. The molecule has 1 atom stereocenters. The van der Waals surface area contributed by atoms with Gasteiger partial charge in [-0.3, -0.25) is 4.90 Å². The lowest BCUT2D eigenvalue weighted by Crippen LogP contribution is -2.49. The Morgan fingerprint density at radius 3 is 2.55 bits per heavy atom. The fourth-order valence-corrected chi connectivity index (χ4v) is 2.31. The van der Waals surface area contributed by atoms with Gasteiger partial charge < -0.3 is 20.5 Å². The van der Waals surface area contributed by atoms with E-state index < -0.39 is 6.10 Å². The van der Waals surface area contributed by atoms with Gasteiger partial charge in [0.2, 0.25) is 5.95 Å². The Morgan fingerprint density at radius 1 is 1.27 bits per heavy atom. The summed E-state index contributed by atoms with van der Waals surface area (Å²) in [7, 11) is 0. The van der Waals surface area contributed by atoms with Crippen LogP contribution in [-0.2, 0) is 4.74 Å². The average Bonchev–Trinajstić information content (AvgIpc) is 2.49. The van der Waals surface area contributed by atoms with Crippen molar-refractivity contribution >= 4 is 23.4 Å². The zero-order valence-electron chi connectivity index (χ0n) is 12.9. The minimum atomic E-state index is -0.474. The van der Waals surface area contributed by atoms with E-state index in [1.807, 2.05) is 18.7 Å². The second kappa shape index (κ2) is 7.87. The fourth-order valence-electron chi connectivity index (χ4n) is 2.23. The van der Waals surface area contributed by atoms with Gasteiger partial charge in [0.05, 0.1) is 18.8 Å². The maximum atomic E-state index is 9.95. The Labute approximate surface area is 135 Å². The molecule has 1 aromatic rings. The first-order valence-corrected chi connectivity index (χ1v) is 7.76. The fraction of sp³-hybridized carbons (Fsp3) is 0.769. The first-order valence-electron chi connectivity index (χ1n) is 7.38. The molecule has 8 nitrogen and oxygen atoms in total. The van der Waals surface area contributed by atoms with Gasteiger partial charge in [0, 0.05) is 32.7 Å². The molecule has 1 saturated heterocycles. The van der Waals surface area contributed by atoms with E-state index >= 15 is 0 Å². The van der Waals surface area contributed by atoms with Gasteiger partial charge in [-0.1, -0.05) is 11.6 Å². The predicted molar refractivity (Wildman–Crippen MR) is 85.0 cm³/mol. The van der Waals surface area contributed by atoms with Gasteiger partial charge in [-0.2, -0.15) is 4.98 Å². The summed E-state index contributed by atoms with van der Waals surface area (Å²) >= 11 is 5.72. The molecule has 3 N–H and O–H groups in total. The number of rotatable bonds is 6. The number of β-amino-alcohol motifs (C(OH)–C–C–N with tert-alkyl or cyclic N) is 1. The summed E-state index contributed by atoms with van der Waals surface area (Å²) < 4.78 is 5.42. The summed E-state index contributed by atoms with van der Waals surface area (Å²) in [6, 6.07) is 0. The Bertz CT molecular complexity index is 482. The molecule has 1 unspecified atom stereocenters. The molecule has 1 aliphatic rings. The van der Waals surface area contributed by atoms with Crippen molar-refractivity contribution in [3.05, 3.63) is 5.15 Å². The SMILES string of the molecule is CC(C)OCC(O)CN1CCN(c2nnc(Cl)c(N)n2)CC1. The molecule has 0 aliphatic carbocycles. The summed E-state index contributed by atoms with van der Waals surface area (Å²) in [6.07, 6.45) is -0.343. The summed E-state index contributed by atoms with van der Waals surface area (Å²) in [6.45, 7) is 7.99. The van der Waals surface area contributed by atoms with Gasteiger partial charge in [-0.15, -0.1) is 10.2 Å². The van der Waals surface area contributed by atoms with Crippen LogP contribution in [0, 0.1) is 0 Å². The van der Waals surface area contributed by atoms with Crippen molar-refractivity contribution in [2.45, 2.75) is 26.1 Å². The minimum Gasteiger partial charge on any atom is -0.389 e. The van der Waals surface area contributed by atoms with E-state index in [0.29, 0.717) is 19.1 Å². The Morgan fingerprint density at radius 2 is 1.95 bits per heavy atom. The molecule has 0 saturated carbocycles. The number of halogens is 1. The summed E-state index contributed by atoms with van der Waals surface area (Å²) in [5.74, 6) is 0.681. The van der Waals surface area contributed by atoms with E-state index in [1.165, 1.54) is 0 Å². The molecule has 124 valence electrons. The maximum absolute atomic E-state index is 9.95. The number of hydrogen-bond donors (Lipinski definition) is 2. The monoisotopic (exact) mass is 330 g/mol. The largest absolute Gasteiger partial charge is 0.389 e. The van der Waals surface area contributed by atoms with Crippen molar-refractivity contribution in [3.63, 3.8) is 0 Å². The second-order valence-electron chi connectivity index (χ2n) is 5.61. The van der Waals surface area contributed by atoms with Gasteiger partial charge in [-0.25, -0.2) is 0 Å². The molecular weight excluding hydrogens is 308 g/mol. The van der Waals surface area contributed by atoms with Gasteiger partial charge in [0.25, 0.3) is 0 Å². The number of anilines is 2. The molecule has 22 heavy (non-hydrogen) atoms. The predicted octanol–water partition coefficient (Wildman–Crippen LogP) is 0.0151. The van der Waals surface area contributed by atoms with E-state index in [-0.39, 0.29) is 17.1 Å². The van der Waals surface area contributed by atoms with Gasteiger partial charge in [-0.05, 0) is 13.8 Å². The van der Waals surface area contributed by atoms with Crippen LogP contribution in [0.1, 0.15) is 13.8 Å². The lowest BCUT2D eigenvalue weighted by molar-refractivity contribution is -0.00902. The van der Waals surface area contributed by atoms with Gasteiger partial charge >= 0.3 is 0 Å². The third-order valence-electron chi connectivity index (χ3n) is 3.41. The molecule has 0 bridgehead atoms. The van der Waals surface area contributed by atoms with Crippen LogP contribution in [-0.4, -0.2) is 76.7 Å². The third-order valence-corrected chi connectivity index (χ3v) is 3.67. The highest BCUT2D eigenvalue weighted by molar-refractivity contribution is 6.31. The van der Waals surface area contributed by atoms with Crippen molar-refractivity contribution in [1.29, 1.82) is 0 Å². The van der Waals surface area contributed by atoms with Gasteiger partial charge in [0.1, 0.15) is 0 Å². The van der Waals surface area contributed by atoms with E-state index in [4.69, 9.17) is 22.1 Å². The Kier molecular flexibility index (Phi) is 6.13. The number of aliphatic hydroxyl groups is 1. The number of nitrogens with zero attached hydrogens (tertiary/aromatic N) is 5. The van der Waals surface area contributed by atoms with Crippen molar-refractivity contribution in [2.24, 2.45) is 0 Å². The minimum absolute atomic E-state index is 0.121. The van der Waals surface area contributed by atoms with Crippen LogP contribution in [0.3, 0.4) is 0 Å². The summed E-state index contributed by atoms with van der Waals surface area (Å²) in [5.41, 5.74) is 5.65. The second-order valence-corrected chi connectivity index (χ2v) is 5.97. The molecule has 0 aromatic carbocycles. The summed E-state index contributed by atoms with van der Waals surface area (Å²) in [4.78, 5) is 8.34. The maximum Gasteiger partial charge on any atom is 0.247 e. The number of piperazine rings is 1. The Balaban J connectivity index is 1.79. The highest BCUT2D eigenvalue weighted by atomic mass is 35.5. The standard InChI is InChI=1S/C13H23ClN6O2/c1-9(2)22-8-10(21)7-19-3-5-20(6-4-19)13-16-12(15)11(14)17-18-13/h9-10,21H,3-8H2,1-2H3,(H2,15,16,18). The molecule has 0 amide bonds. The molecule has 1 fully saturated rings. The van der Waals surface area contributed by atoms with Crippen LogP contribution in [0.25, 0.3) is 0 Å². The number of hydrogen-bond acceptors (Lipinski definition) is 8. The van der Waals surface area contributed by atoms with Crippen molar-refractivity contribution in [1.82, 2.24) is 20.1 Å². The quantitative estimate of drug-likeness (QED) is 0.752. The number of nitrogen functional groups attached to an aromatic ring is 1. The first kappa shape index (κ1) is 17.1. The van der Waals surface area contributed by atoms with E-state index in [1.54, 1.807) is 0 Å². The highest BCUT2D eigenvalue weighted by Gasteiger charge is 2.21. The number of nitrogens with two attached hydrogens (primary N) is 1. The van der Waals surface area contributed by atoms with E-state index in [0.717, 1.165) is 26.2 Å². The van der Waals surface area contributed by atoms with E-state index in [9.17, 15) is 5.11 Å². The number of aromatic nitrogens is 3. The normalized spacial score (nSPS) is 18.0. The molecule has 1 aromatic heterocycles. The molecule has 2 heterocycles. The number of ether oxygens (including phenoxy) is 1. The zero-order chi connectivity index (χ0) is 16.1. The topological polar surface area (TPSA) is 101 Å². The lowest BCUT2D eigenvalue weighted by Gasteiger charge is -2.35. The van der Waals surface area contributed by atoms with Crippen molar-refractivity contribution in [3.8, 4) is 0 Å². The molecule has 9 heteroatoms. The van der Waals surface area contributed by atoms with Crippen LogP contribution in [0.2, 0.25) is 5.15 Å². The molecule has 1 aliphatic heterocycles. The molecule has 0 radical (unpaired) electrons.